The van der Waals surface area contributed by atoms with E-state index in [2.05, 4.69) is 33.3 Å². The molecule has 0 aliphatic rings. The molecular weight excluding hydrogens is 278 g/mol. The van der Waals surface area contributed by atoms with Crippen LogP contribution in [0.3, 0.4) is 0 Å². The Morgan fingerprint density at radius 2 is 1.82 bits per heavy atom. The molecule has 0 saturated heterocycles. The highest BCUT2D eigenvalue weighted by atomic mass is 16.7. The Morgan fingerprint density at radius 1 is 1.18 bits per heavy atom. The lowest BCUT2D eigenvalue weighted by Crippen LogP contribution is -2.14. The summed E-state index contributed by atoms with van der Waals surface area (Å²) in [7, 11) is 0. The second-order valence-corrected chi connectivity index (χ2v) is 5.44. The molecule has 116 valence electrons. The zero-order chi connectivity index (χ0) is 16.6. The minimum absolute atomic E-state index is 0.429. The van der Waals surface area contributed by atoms with E-state index < -0.39 is 5.60 Å². The van der Waals surface area contributed by atoms with E-state index in [9.17, 15) is 4.91 Å². The molecule has 0 saturated carbocycles. The summed E-state index contributed by atoms with van der Waals surface area (Å²) in [5, 5.41) is 2.26. The molecule has 0 atom stereocenters. The minimum Gasteiger partial charge on any atom is -0.358 e. The summed E-state index contributed by atoms with van der Waals surface area (Å²) in [5.41, 5.74) is 2.38. The molecule has 0 amide bonds. The molecule has 1 heterocycles. The third-order valence-electron chi connectivity index (χ3n) is 2.52. The number of benzene rings is 1. The number of aromatic nitrogens is 2. The molecule has 0 radical (unpaired) electrons. The number of nitrogens with zero attached hydrogens (tertiary/aromatic N) is 2. The van der Waals surface area contributed by atoms with Gasteiger partial charge in [-0.05, 0) is 32.9 Å². The maximum Gasteiger partial charge on any atom is 0.155 e. The summed E-state index contributed by atoms with van der Waals surface area (Å²) < 4.78 is 0. The van der Waals surface area contributed by atoms with Gasteiger partial charge in [-0.25, -0.2) is 4.98 Å². The van der Waals surface area contributed by atoms with Crippen LogP contribution < -0.4 is 0 Å². The van der Waals surface area contributed by atoms with Crippen LogP contribution in [-0.4, -0.2) is 15.6 Å². The predicted molar refractivity (Wildman–Crippen MR) is 90.8 cm³/mol. The van der Waals surface area contributed by atoms with Crippen LogP contribution in [0.2, 0.25) is 0 Å². The van der Waals surface area contributed by atoms with Crippen molar-refractivity contribution < 1.29 is 4.84 Å². The average Bonchev–Trinajstić information content (AvgIpc) is 2.91. The monoisotopic (exact) mass is 299 g/mol. The van der Waals surface area contributed by atoms with E-state index in [0.717, 1.165) is 22.8 Å². The van der Waals surface area contributed by atoms with Crippen LogP contribution >= 0.6 is 0 Å². The highest BCUT2D eigenvalue weighted by Gasteiger charge is 2.09. The van der Waals surface area contributed by atoms with Crippen molar-refractivity contribution in [1.82, 2.24) is 9.97 Å². The fourth-order valence-corrected chi connectivity index (χ4v) is 1.56. The maximum atomic E-state index is 9.35. The van der Waals surface area contributed by atoms with Crippen molar-refractivity contribution in [3.05, 3.63) is 59.8 Å². The summed E-state index contributed by atoms with van der Waals surface area (Å²) in [6.45, 7) is 12.7. The molecule has 5 nitrogen and oxygen atoms in total. The number of H-pyrrole nitrogens is 1. The van der Waals surface area contributed by atoms with Gasteiger partial charge in [-0.15, -0.1) is 4.91 Å². The van der Waals surface area contributed by atoms with E-state index in [1.165, 1.54) is 0 Å². The minimum atomic E-state index is -0.429. The number of aromatic amines is 1. The third kappa shape index (κ3) is 5.36. The standard InChI is InChI=1S/C13H12N2.C4H9NO2/c1-3-11-12(4-2)15-13(14-11)10-8-6-5-7-9-10;1-4(2,3)7-5-6/h3-9H,1-2H2,(H,14,15);1-3H3. The van der Waals surface area contributed by atoms with Gasteiger partial charge < -0.3 is 9.82 Å². The number of rotatable bonds is 4. The molecule has 2 rings (SSSR count). The van der Waals surface area contributed by atoms with Crippen molar-refractivity contribution in [3.63, 3.8) is 0 Å². The average molecular weight is 299 g/mol. The van der Waals surface area contributed by atoms with Crippen LogP contribution in [-0.2, 0) is 4.84 Å². The molecule has 0 fully saturated rings. The maximum absolute atomic E-state index is 9.35. The highest BCUT2D eigenvalue weighted by molar-refractivity contribution is 5.64. The Bertz CT molecular complexity index is 600. The molecule has 22 heavy (non-hydrogen) atoms. The Balaban J connectivity index is 0.000000295. The summed E-state index contributed by atoms with van der Waals surface area (Å²) >= 11 is 0. The Morgan fingerprint density at radius 3 is 2.18 bits per heavy atom. The second-order valence-electron chi connectivity index (χ2n) is 5.44. The molecule has 0 bridgehead atoms. The van der Waals surface area contributed by atoms with Gasteiger partial charge in [0, 0.05) is 5.56 Å². The van der Waals surface area contributed by atoms with Crippen LogP contribution in [0.1, 0.15) is 32.2 Å². The second kappa shape index (κ2) is 7.93. The number of hydrogen-bond acceptors (Lipinski definition) is 4. The third-order valence-corrected chi connectivity index (χ3v) is 2.52. The molecule has 5 heteroatoms. The van der Waals surface area contributed by atoms with Crippen molar-refractivity contribution in [2.24, 2.45) is 5.34 Å². The van der Waals surface area contributed by atoms with Gasteiger partial charge in [-0.1, -0.05) is 43.5 Å². The summed E-state index contributed by atoms with van der Waals surface area (Å²) in [5.74, 6) is 0.848. The normalized spacial score (nSPS) is 10.1. The molecule has 0 aliphatic carbocycles. The Kier molecular flexibility index (Phi) is 6.25. The van der Waals surface area contributed by atoms with Crippen molar-refractivity contribution >= 4 is 12.2 Å². The highest BCUT2D eigenvalue weighted by Crippen LogP contribution is 2.18. The predicted octanol–water partition coefficient (Wildman–Crippen LogP) is 4.85. The lowest BCUT2D eigenvalue weighted by atomic mass is 10.2. The molecule has 0 spiro atoms. The van der Waals surface area contributed by atoms with E-state index in [0.29, 0.717) is 0 Å². The number of hydrogen-bond donors (Lipinski definition) is 1. The SMILES string of the molecule is C=Cc1nc(-c2ccccc2)[nH]c1C=C.CC(C)(C)ON=O. The van der Waals surface area contributed by atoms with Gasteiger partial charge in [0.2, 0.25) is 0 Å². The molecular formula is C17H21N3O2. The van der Waals surface area contributed by atoms with Gasteiger partial charge >= 0.3 is 0 Å². The van der Waals surface area contributed by atoms with Crippen molar-refractivity contribution in [3.8, 4) is 11.4 Å². The molecule has 1 aromatic heterocycles. The van der Waals surface area contributed by atoms with Gasteiger partial charge in [0.05, 0.1) is 11.4 Å². The van der Waals surface area contributed by atoms with Crippen LogP contribution in [0.25, 0.3) is 23.5 Å². The summed E-state index contributed by atoms with van der Waals surface area (Å²) in [6.07, 6.45) is 3.47. The quantitative estimate of drug-likeness (QED) is 0.648. The van der Waals surface area contributed by atoms with Crippen molar-refractivity contribution in [2.75, 3.05) is 0 Å². The van der Waals surface area contributed by atoms with Crippen molar-refractivity contribution in [1.29, 1.82) is 0 Å². The van der Waals surface area contributed by atoms with Gasteiger partial charge in [0.15, 0.2) is 5.34 Å². The van der Waals surface area contributed by atoms with E-state index >= 15 is 0 Å². The van der Waals surface area contributed by atoms with Crippen LogP contribution in [0.4, 0.5) is 0 Å². The molecule has 0 aliphatic heterocycles. The summed E-state index contributed by atoms with van der Waals surface area (Å²) in [6, 6.07) is 9.98. The van der Waals surface area contributed by atoms with Crippen molar-refractivity contribution in [2.45, 2.75) is 26.4 Å². The first-order valence-corrected chi connectivity index (χ1v) is 6.82. The first-order chi connectivity index (χ1) is 10.4. The largest absolute Gasteiger partial charge is 0.358 e. The first-order valence-electron chi connectivity index (χ1n) is 6.82. The van der Waals surface area contributed by atoms with E-state index in [1.807, 2.05) is 30.3 Å². The van der Waals surface area contributed by atoms with Gasteiger partial charge in [0.1, 0.15) is 11.4 Å². The molecule has 2 aromatic rings. The Labute approximate surface area is 130 Å². The van der Waals surface area contributed by atoms with Gasteiger partial charge in [-0.3, -0.25) is 0 Å². The lowest BCUT2D eigenvalue weighted by molar-refractivity contribution is -0.00229. The first kappa shape index (κ1) is 17.4. The van der Waals surface area contributed by atoms with E-state index in [-0.39, 0.29) is 0 Å². The van der Waals surface area contributed by atoms with Crippen LogP contribution in [0.15, 0.2) is 48.8 Å². The smallest absolute Gasteiger partial charge is 0.155 e. The fourth-order valence-electron chi connectivity index (χ4n) is 1.56. The van der Waals surface area contributed by atoms with Crippen LogP contribution in [0.5, 0.6) is 0 Å². The molecule has 1 N–H and O–H groups in total. The van der Waals surface area contributed by atoms with E-state index in [1.54, 1.807) is 32.9 Å². The number of imidazole rings is 1. The van der Waals surface area contributed by atoms with Gasteiger partial charge in [-0.2, -0.15) is 0 Å². The fraction of sp³-hybridized carbons (Fsp3) is 0.235. The lowest BCUT2D eigenvalue weighted by Gasteiger charge is -2.11. The zero-order valence-corrected chi connectivity index (χ0v) is 13.2. The molecule has 0 unspecified atom stereocenters. The topological polar surface area (TPSA) is 67.3 Å². The number of nitrogens with one attached hydrogen (secondary N) is 1. The molecule has 1 aromatic carbocycles. The summed E-state index contributed by atoms with van der Waals surface area (Å²) in [4.78, 5) is 21.3. The van der Waals surface area contributed by atoms with Crippen LogP contribution in [0, 0.1) is 4.91 Å². The van der Waals surface area contributed by atoms with Gasteiger partial charge in [0.25, 0.3) is 0 Å². The Hall–Kier alpha value is -2.69. The zero-order valence-electron chi connectivity index (χ0n) is 13.2. The van der Waals surface area contributed by atoms with E-state index in [4.69, 9.17) is 0 Å².